The number of carbonyl (C=O) groups is 1. The quantitative estimate of drug-likeness (QED) is 0.485. The lowest BCUT2D eigenvalue weighted by molar-refractivity contribution is 0.0939. The van der Waals surface area contributed by atoms with Gasteiger partial charge in [0.2, 0.25) is 0 Å². The number of aromatic amines is 2. The molecular weight excluding hydrogens is 374 g/mol. The molecule has 3 heterocycles. The maximum atomic E-state index is 12.8. The Labute approximate surface area is 164 Å². The number of amides is 1. The van der Waals surface area contributed by atoms with Crippen LogP contribution in [-0.2, 0) is 6.42 Å². The summed E-state index contributed by atoms with van der Waals surface area (Å²) in [6, 6.07) is 8.97. The Morgan fingerprint density at radius 1 is 1.29 bits per heavy atom. The molecule has 0 radical (unpaired) electrons. The van der Waals surface area contributed by atoms with Crippen molar-refractivity contribution in [1.82, 2.24) is 25.3 Å². The maximum absolute atomic E-state index is 12.8. The first-order valence-electron chi connectivity index (χ1n) is 8.85. The third kappa shape index (κ3) is 3.59. The van der Waals surface area contributed by atoms with E-state index >= 15 is 0 Å². The van der Waals surface area contributed by atoms with Crippen LogP contribution < -0.4 is 10.9 Å². The number of benzene rings is 1. The number of para-hydroxylation sites is 1. The number of nitrogens with one attached hydrogen (secondary N) is 3. The van der Waals surface area contributed by atoms with E-state index in [1.165, 1.54) is 17.4 Å². The summed E-state index contributed by atoms with van der Waals surface area (Å²) in [5.41, 5.74) is 4.69. The van der Waals surface area contributed by atoms with Gasteiger partial charge in [0.05, 0.1) is 22.9 Å². The van der Waals surface area contributed by atoms with Gasteiger partial charge in [-0.25, -0.2) is 9.97 Å². The van der Waals surface area contributed by atoms with E-state index in [2.05, 4.69) is 25.3 Å². The van der Waals surface area contributed by atoms with Gasteiger partial charge < -0.3 is 15.3 Å². The molecule has 0 saturated heterocycles. The van der Waals surface area contributed by atoms with Gasteiger partial charge in [-0.1, -0.05) is 18.2 Å². The first-order valence-corrected chi connectivity index (χ1v) is 9.73. The van der Waals surface area contributed by atoms with E-state index < -0.39 is 6.04 Å². The zero-order chi connectivity index (χ0) is 19.7. The first kappa shape index (κ1) is 18.1. The summed E-state index contributed by atoms with van der Waals surface area (Å²) in [7, 11) is 0. The molecular formula is C20H19N5O2S. The molecule has 8 heteroatoms. The largest absolute Gasteiger partial charge is 0.361 e. The molecule has 3 N–H and O–H groups in total. The van der Waals surface area contributed by atoms with Crippen LogP contribution in [0.2, 0.25) is 0 Å². The number of fused-ring (bicyclic) bond motifs is 1. The number of aromatic nitrogens is 4. The summed E-state index contributed by atoms with van der Waals surface area (Å²) in [4.78, 5) is 39.9. The molecule has 0 fully saturated rings. The standard InChI is InChI=1S/C20H19N5O2S/c1-11-19(28-10-22-11)20(27)25-16(17-8-18(26)24-12(2)23-17)7-13-9-21-15-6-4-3-5-14(13)15/h3-6,8-10,16,21H,7H2,1-2H3,(H,25,27)(H,23,24,26)/t16-/m1/s1. The van der Waals surface area contributed by atoms with E-state index in [-0.39, 0.29) is 11.5 Å². The Morgan fingerprint density at radius 3 is 2.86 bits per heavy atom. The van der Waals surface area contributed by atoms with Crippen molar-refractivity contribution in [3.05, 3.63) is 80.0 Å². The van der Waals surface area contributed by atoms with Crippen LogP contribution in [-0.4, -0.2) is 25.8 Å². The van der Waals surface area contributed by atoms with E-state index in [0.717, 1.165) is 16.5 Å². The molecule has 1 atom stereocenters. The van der Waals surface area contributed by atoms with Crippen LogP contribution >= 0.6 is 11.3 Å². The van der Waals surface area contributed by atoms with Gasteiger partial charge in [0.25, 0.3) is 11.5 Å². The summed E-state index contributed by atoms with van der Waals surface area (Å²) in [5.74, 6) is 0.291. The molecule has 0 spiro atoms. The van der Waals surface area contributed by atoms with E-state index in [9.17, 15) is 9.59 Å². The number of hydrogen-bond donors (Lipinski definition) is 3. The molecule has 0 bridgehead atoms. The first-order chi connectivity index (χ1) is 13.5. The third-order valence-corrected chi connectivity index (χ3v) is 5.52. The van der Waals surface area contributed by atoms with Gasteiger partial charge in [0.1, 0.15) is 10.7 Å². The highest BCUT2D eigenvalue weighted by Gasteiger charge is 2.22. The molecule has 0 aliphatic heterocycles. The predicted octanol–water partition coefficient (Wildman–Crippen LogP) is 3.04. The zero-order valence-electron chi connectivity index (χ0n) is 15.4. The second-order valence-corrected chi connectivity index (χ2v) is 7.47. The van der Waals surface area contributed by atoms with Crippen molar-refractivity contribution in [2.24, 2.45) is 0 Å². The Kier molecular flexibility index (Phi) is 4.79. The number of thiazole rings is 1. The fourth-order valence-corrected chi connectivity index (χ4v) is 3.98. The molecule has 1 amide bonds. The van der Waals surface area contributed by atoms with Crippen molar-refractivity contribution in [1.29, 1.82) is 0 Å². The van der Waals surface area contributed by atoms with Gasteiger partial charge in [0.15, 0.2) is 0 Å². The highest BCUT2D eigenvalue weighted by molar-refractivity contribution is 7.11. The number of carbonyl (C=O) groups excluding carboxylic acids is 1. The molecule has 4 aromatic rings. The second kappa shape index (κ2) is 7.40. The van der Waals surface area contributed by atoms with Crippen LogP contribution in [0, 0.1) is 13.8 Å². The molecule has 4 rings (SSSR count). The van der Waals surface area contributed by atoms with Gasteiger partial charge in [-0.3, -0.25) is 9.59 Å². The fraction of sp³-hybridized carbons (Fsp3) is 0.200. The summed E-state index contributed by atoms with van der Waals surface area (Å²) in [6.45, 7) is 3.53. The average Bonchev–Trinajstić information content (AvgIpc) is 3.27. The molecule has 142 valence electrons. The maximum Gasteiger partial charge on any atom is 0.263 e. The number of hydrogen-bond acceptors (Lipinski definition) is 5. The number of nitrogens with zero attached hydrogens (tertiary/aromatic N) is 2. The van der Waals surface area contributed by atoms with Gasteiger partial charge in [-0.05, 0) is 25.5 Å². The molecule has 0 aliphatic carbocycles. The van der Waals surface area contributed by atoms with Gasteiger partial charge in [0, 0.05) is 29.6 Å². The Morgan fingerprint density at radius 2 is 2.11 bits per heavy atom. The lowest BCUT2D eigenvalue weighted by atomic mass is 10.0. The lowest BCUT2D eigenvalue weighted by Crippen LogP contribution is -2.31. The number of rotatable bonds is 5. The van der Waals surface area contributed by atoms with Crippen molar-refractivity contribution in [2.75, 3.05) is 0 Å². The molecule has 0 unspecified atom stereocenters. The molecule has 0 saturated carbocycles. The van der Waals surface area contributed by atoms with Crippen LogP contribution in [0.15, 0.2) is 46.8 Å². The Bertz CT molecular complexity index is 1210. The highest BCUT2D eigenvalue weighted by Crippen LogP contribution is 2.24. The normalized spacial score (nSPS) is 12.2. The van der Waals surface area contributed by atoms with Crippen molar-refractivity contribution in [3.63, 3.8) is 0 Å². The van der Waals surface area contributed by atoms with Crippen molar-refractivity contribution in [2.45, 2.75) is 26.3 Å². The van der Waals surface area contributed by atoms with Crippen LogP contribution in [0.3, 0.4) is 0 Å². The van der Waals surface area contributed by atoms with Gasteiger partial charge in [-0.15, -0.1) is 11.3 Å². The van der Waals surface area contributed by atoms with Crippen LogP contribution in [0.25, 0.3) is 10.9 Å². The van der Waals surface area contributed by atoms with Crippen LogP contribution in [0.1, 0.15) is 38.5 Å². The number of H-pyrrole nitrogens is 2. The molecule has 3 aromatic heterocycles. The average molecular weight is 393 g/mol. The van der Waals surface area contributed by atoms with Crippen LogP contribution in [0.4, 0.5) is 0 Å². The third-order valence-electron chi connectivity index (χ3n) is 4.59. The second-order valence-electron chi connectivity index (χ2n) is 6.61. The van der Waals surface area contributed by atoms with E-state index in [4.69, 9.17) is 0 Å². The molecule has 0 aliphatic rings. The minimum atomic E-state index is -0.450. The highest BCUT2D eigenvalue weighted by atomic mass is 32.1. The molecule has 1 aromatic carbocycles. The van der Waals surface area contributed by atoms with Crippen LogP contribution in [0.5, 0.6) is 0 Å². The van der Waals surface area contributed by atoms with E-state index in [0.29, 0.717) is 28.5 Å². The summed E-state index contributed by atoms with van der Waals surface area (Å²) >= 11 is 1.29. The van der Waals surface area contributed by atoms with Crippen molar-refractivity contribution < 1.29 is 4.79 Å². The Balaban J connectivity index is 1.71. The lowest BCUT2D eigenvalue weighted by Gasteiger charge is -2.18. The minimum absolute atomic E-state index is 0.218. The van der Waals surface area contributed by atoms with Crippen molar-refractivity contribution >= 4 is 28.1 Å². The molecule has 28 heavy (non-hydrogen) atoms. The SMILES string of the molecule is Cc1nc([C@@H](Cc2c[nH]c3ccccc23)NC(=O)c2scnc2C)cc(=O)[nH]1. The topological polar surface area (TPSA) is 104 Å². The number of aryl methyl sites for hydroxylation is 2. The van der Waals surface area contributed by atoms with E-state index in [1.807, 2.05) is 30.5 Å². The van der Waals surface area contributed by atoms with Crippen molar-refractivity contribution in [3.8, 4) is 0 Å². The van der Waals surface area contributed by atoms with Gasteiger partial charge >= 0.3 is 0 Å². The zero-order valence-corrected chi connectivity index (χ0v) is 16.3. The van der Waals surface area contributed by atoms with E-state index in [1.54, 1.807) is 19.4 Å². The summed E-state index contributed by atoms with van der Waals surface area (Å²) < 4.78 is 0. The summed E-state index contributed by atoms with van der Waals surface area (Å²) in [5, 5.41) is 4.12. The smallest absolute Gasteiger partial charge is 0.263 e. The Hall–Kier alpha value is -3.26. The molecule has 7 nitrogen and oxygen atoms in total. The predicted molar refractivity (Wildman–Crippen MR) is 109 cm³/mol. The van der Waals surface area contributed by atoms with Gasteiger partial charge in [-0.2, -0.15) is 0 Å². The summed E-state index contributed by atoms with van der Waals surface area (Å²) in [6.07, 6.45) is 2.44. The minimum Gasteiger partial charge on any atom is -0.361 e. The monoisotopic (exact) mass is 393 g/mol. The fourth-order valence-electron chi connectivity index (χ4n) is 3.27.